The van der Waals surface area contributed by atoms with E-state index in [4.69, 9.17) is 0 Å². The van der Waals surface area contributed by atoms with Gasteiger partial charge >= 0.3 is 0 Å². The summed E-state index contributed by atoms with van der Waals surface area (Å²) in [6, 6.07) is 6.18. The summed E-state index contributed by atoms with van der Waals surface area (Å²) in [5, 5.41) is 3.25. The van der Waals surface area contributed by atoms with E-state index in [1.54, 1.807) is 17.7 Å². The highest BCUT2D eigenvalue weighted by Crippen LogP contribution is 2.27. The van der Waals surface area contributed by atoms with Crippen LogP contribution in [-0.2, 0) is 6.54 Å². The monoisotopic (exact) mass is 403 g/mol. The third-order valence-corrected chi connectivity index (χ3v) is 5.46. The first kappa shape index (κ1) is 15.9. The third kappa shape index (κ3) is 3.43. The zero-order chi connectivity index (χ0) is 16.4. The van der Waals surface area contributed by atoms with Gasteiger partial charge in [-0.1, -0.05) is 15.9 Å². The standard InChI is InChI=1S/C17H18BrN5S/c18-13-2-3-16-15(8-13)17(20-11-19-16)23-5-1-4-22(6-7-23)9-14-10-24-12-21-14/h2-3,8,10-12H,1,4-7,9H2. The summed E-state index contributed by atoms with van der Waals surface area (Å²) in [7, 11) is 0. The zero-order valence-electron chi connectivity index (χ0n) is 13.2. The highest BCUT2D eigenvalue weighted by Gasteiger charge is 2.18. The third-order valence-electron chi connectivity index (χ3n) is 4.33. The Labute approximate surface area is 153 Å². The van der Waals surface area contributed by atoms with Crippen LogP contribution < -0.4 is 4.90 Å². The molecule has 0 spiro atoms. The van der Waals surface area contributed by atoms with Crippen LogP contribution >= 0.6 is 27.3 Å². The van der Waals surface area contributed by atoms with Crippen molar-refractivity contribution in [1.29, 1.82) is 0 Å². The van der Waals surface area contributed by atoms with Crippen LogP contribution in [0.25, 0.3) is 10.9 Å². The molecule has 0 bridgehead atoms. The Bertz CT molecular complexity index is 823. The van der Waals surface area contributed by atoms with E-state index in [0.717, 1.165) is 60.3 Å². The Morgan fingerprint density at radius 3 is 2.92 bits per heavy atom. The predicted octanol–water partition coefficient (Wildman–Crippen LogP) is 3.56. The molecule has 24 heavy (non-hydrogen) atoms. The lowest BCUT2D eigenvalue weighted by Crippen LogP contribution is -2.31. The van der Waals surface area contributed by atoms with Gasteiger partial charge in [0.2, 0.25) is 0 Å². The van der Waals surface area contributed by atoms with Crippen molar-refractivity contribution in [3.63, 3.8) is 0 Å². The zero-order valence-corrected chi connectivity index (χ0v) is 15.6. The van der Waals surface area contributed by atoms with Gasteiger partial charge in [0.1, 0.15) is 12.1 Å². The number of rotatable bonds is 3. The van der Waals surface area contributed by atoms with Crippen molar-refractivity contribution in [2.75, 3.05) is 31.1 Å². The molecule has 1 aromatic carbocycles. The van der Waals surface area contributed by atoms with Crippen LogP contribution in [0.1, 0.15) is 12.1 Å². The van der Waals surface area contributed by atoms with Crippen LogP contribution in [0.4, 0.5) is 5.82 Å². The second kappa shape index (κ2) is 7.13. The van der Waals surface area contributed by atoms with Crippen LogP contribution in [0, 0.1) is 0 Å². The molecule has 2 aromatic heterocycles. The average molecular weight is 404 g/mol. The molecule has 0 amide bonds. The maximum atomic E-state index is 4.58. The first-order valence-corrected chi connectivity index (χ1v) is 9.78. The highest BCUT2D eigenvalue weighted by atomic mass is 79.9. The number of hydrogen-bond donors (Lipinski definition) is 0. The van der Waals surface area contributed by atoms with Crippen LogP contribution in [-0.4, -0.2) is 46.0 Å². The molecule has 0 atom stereocenters. The lowest BCUT2D eigenvalue weighted by molar-refractivity contribution is 0.282. The SMILES string of the molecule is Brc1ccc2ncnc(N3CCCN(Cc4cscn4)CC3)c2c1. The smallest absolute Gasteiger partial charge is 0.139 e. The van der Waals surface area contributed by atoms with E-state index in [9.17, 15) is 0 Å². The molecule has 3 heterocycles. The molecule has 1 aliphatic rings. The molecule has 1 fully saturated rings. The molecule has 7 heteroatoms. The van der Waals surface area contributed by atoms with Crippen molar-refractivity contribution in [2.45, 2.75) is 13.0 Å². The second-order valence-electron chi connectivity index (χ2n) is 5.96. The molecule has 0 N–H and O–H groups in total. The fraction of sp³-hybridized carbons (Fsp3) is 0.353. The molecular weight excluding hydrogens is 386 g/mol. The minimum Gasteiger partial charge on any atom is -0.355 e. The van der Waals surface area contributed by atoms with Crippen molar-refractivity contribution in [3.05, 3.63) is 45.6 Å². The maximum absolute atomic E-state index is 4.58. The summed E-state index contributed by atoms with van der Waals surface area (Å²) < 4.78 is 1.06. The van der Waals surface area contributed by atoms with Gasteiger partial charge in [-0.05, 0) is 24.6 Å². The largest absolute Gasteiger partial charge is 0.355 e. The van der Waals surface area contributed by atoms with Gasteiger partial charge in [-0.2, -0.15) is 0 Å². The van der Waals surface area contributed by atoms with E-state index in [0.29, 0.717) is 0 Å². The number of anilines is 1. The van der Waals surface area contributed by atoms with Gasteiger partial charge in [0.25, 0.3) is 0 Å². The first-order valence-electron chi connectivity index (χ1n) is 8.04. The quantitative estimate of drug-likeness (QED) is 0.668. The molecular formula is C17H18BrN5S. The summed E-state index contributed by atoms with van der Waals surface area (Å²) in [6.07, 6.45) is 2.80. The molecule has 1 aliphatic heterocycles. The van der Waals surface area contributed by atoms with E-state index >= 15 is 0 Å². The van der Waals surface area contributed by atoms with Crippen LogP contribution in [0.3, 0.4) is 0 Å². The average Bonchev–Trinajstić information content (AvgIpc) is 2.99. The van der Waals surface area contributed by atoms with E-state index in [1.807, 2.05) is 17.6 Å². The summed E-state index contributed by atoms with van der Waals surface area (Å²) >= 11 is 5.22. The maximum Gasteiger partial charge on any atom is 0.139 e. The van der Waals surface area contributed by atoms with Crippen molar-refractivity contribution in [2.24, 2.45) is 0 Å². The van der Waals surface area contributed by atoms with Gasteiger partial charge in [-0.3, -0.25) is 4.90 Å². The fourth-order valence-corrected chi connectivity index (χ4v) is 4.06. The number of aromatic nitrogens is 3. The minimum absolute atomic E-state index is 0.938. The van der Waals surface area contributed by atoms with Gasteiger partial charge in [-0.25, -0.2) is 15.0 Å². The number of halogens is 1. The van der Waals surface area contributed by atoms with Crippen molar-refractivity contribution < 1.29 is 0 Å². The Kier molecular flexibility index (Phi) is 4.73. The van der Waals surface area contributed by atoms with E-state index in [-0.39, 0.29) is 0 Å². The van der Waals surface area contributed by atoms with Crippen molar-refractivity contribution >= 4 is 44.0 Å². The second-order valence-corrected chi connectivity index (χ2v) is 7.59. The number of hydrogen-bond acceptors (Lipinski definition) is 6. The Morgan fingerprint density at radius 2 is 2.04 bits per heavy atom. The Morgan fingerprint density at radius 1 is 1.08 bits per heavy atom. The highest BCUT2D eigenvalue weighted by molar-refractivity contribution is 9.10. The van der Waals surface area contributed by atoms with Crippen molar-refractivity contribution in [1.82, 2.24) is 19.9 Å². The molecule has 3 aromatic rings. The molecule has 4 rings (SSSR count). The van der Waals surface area contributed by atoms with Crippen LogP contribution in [0.5, 0.6) is 0 Å². The summed E-state index contributed by atoms with van der Waals surface area (Å²) in [5.74, 6) is 1.04. The minimum atomic E-state index is 0.938. The van der Waals surface area contributed by atoms with Gasteiger partial charge in [0, 0.05) is 48.0 Å². The normalized spacial score (nSPS) is 16.5. The van der Waals surface area contributed by atoms with Gasteiger partial charge in [-0.15, -0.1) is 11.3 Å². The predicted molar refractivity (Wildman–Crippen MR) is 101 cm³/mol. The van der Waals surface area contributed by atoms with E-state index in [2.05, 4.69) is 52.1 Å². The number of nitrogens with zero attached hydrogens (tertiary/aromatic N) is 5. The van der Waals surface area contributed by atoms with Crippen molar-refractivity contribution in [3.8, 4) is 0 Å². The number of benzene rings is 1. The first-order chi connectivity index (χ1) is 11.8. The summed E-state index contributed by atoms with van der Waals surface area (Å²) in [4.78, 5) is 18.2. The van der Waals surface area contributed by atoms with Gasteiger partial charge in [0.15, 0.2) is 0 Å². The van der Waals surface area contributed by atoms with Gasteiger partial charge in [0.05, 0.1) is 16.7 Å². The Balaban J connectivity index is 1.54. The molecule has 0 aliphatic carbocycles. The van der Waals surface area contributed by atoms with Gasteiger partial charge < -0.3 is 4.90 Å². The molecule has 0 radical (unpaired) electrons. The molecule has 1 saturated heterocycles. The Hall–Kier alpha value is -1.57. The molecule has 0 saturated carbocycles. The topological polar surface area (TPSA) is 45.2 Å². The van der Waals surface area contributed by atoms with E-state index in [1.165, 1.54) is 5.69 Å². The fourth-order valence-electron chi connectivity index (χ4n) is 3.15. The molecule has 0 unspecified atom stereocenters. The summed E-state index contributed by atoms with van der Waals surface area (Å²) in [5.41, 5.74) is 4.07. The molecule has 5 nitrogen and oxygen atoms in total. The number of thiazole rings is 1. The van der Waals surface area contributed by atoms with Crippen LogP contribution in [0.15, 0.2) is 39.9 Å². The molecule has 124 valence electrons. The lowest BCUT2D eigenvalue weighted by atomic mass is 10.2. The summed E-state index contributed by atoms with van der Waals surface area (Å²) in [6.45, 7) is 5.06. The van der Waals surface area contributed by atoms with E-state index < -0.39 is 0 Å². The number of fused-ring (bicyclic) bond motifs is 1. The van der Waals surface area contributed by atoms with Crippen LogP contribution in [0.2, 0.25) is 0 Å². The lowest BCUT2D eigenvalue weighted by Gasteiger charge is -2.23.